The molecule has 1 aromatic carbocycles. The Kier molecular flexibility index (Phi) is 3.83. The van der Waals surface area contributed by atoms with E-state index in [1.54, 1.807) is 12.1 Å². The van der Waals surface area contributed by atoms with Crippen LogP contribution in [-0.4, -0.2) is 13.1 Å². The predicted molar refractivity (Wildman–Crippen MR) is 66.7 cm³/mol. The summed E-state index contributed by atoms with van der Waals surface area (Å²) in [5, 5.41) is 0. The molecule has 2 rings (SSSR count). The van der Waals surface area contributed by atoms with E-state index in [-0.39, 0.29) is 0 Å². The monoisotopic (exact) mass is 257 g/mol. The minimum Gasteiger partial charge on any atom is -0.372 e. The molecule has 100 valence electrons. The Bertz CT molecular complexity index is 377. The molecule has 0 heterocycles. The molecule has 0 N–H and O–H groups in total. The third-order valence-electron chi connectivity index (χ3n) is 3.72. The minimum atomic E-state index is -4.25. The van der Waals surface area contributed by atoms with Crippen molar-refractivity contribution >= 4 is 5.69 Å². The molecule has 1 nitrogen and oxygen atoms in total. The van der Waals surface area contributed by atoms with Crippen LogP contribution in [0.1, 0.15) is 37.7 Å². The number of benzene rings is 1. The summed E-state index contributed by atoms with van der Waals surface area (Å²) in [5.74, 6) is 0. The van der Waals surface area contributed by atoms with Gasteiger partial charge >= 0.3 is 6.18 Å². The van der Waals surface area contributed by atoms with Crippen molar-refractivity contribution in [2.24, 2.45) is 0 Å². The van der Waals surface area contributed by atoms with E-state index in [4.69, 9.17) is 0 Å². The summed E-state index contributed by atoms with van der Waals surface area (Å²) < 4.78 is 37.4. The van der Waals surface area contributed by atoms with Crippen LogP contribution in [0.25, 0.3) is 0 Å². The topological polar surface area (TPSA) is 3.24 Å². The zero-order chi connectivity index (χ0) is 13.2. The van der Waals surface area contributed by atoms with Gasteiger partial charge in [0.25, 0.3) is 0 Å². The lowest BCUT2D eigenvalue weighted by molar-refractivity contribution is -0.137. The van der Waals surface area contributed by atoms with Crippen LogP contribution in [0, 0.1) is 0 Å². The number of rotatable bonds is 2. The SMILES string of the molecule is CN(c1ccc(C(F)(F)F)cc1)C1CCCCC1. The van der Waals surface area contributed by atoms with Gasteiger partial charge in [0.1, 0.15) is 0 Å². The van der Waals surface area contributed by atoms with Crippen molar-refractivity contribution in [1.29, 1.82) is 0 Å². The first-order valence-corrected chi connectivity index (χ1v) is 6.38. The number of nitrogens with zero attached hydrogens (tertiary/aromatic N) is 1. The standard InChI is InChI=1S/C14H18F3N/c1-18(12-5-3-2-4-6-12)13-9-7-11(8-10-13)14(15,16)17/h7-10,12H,2-6H2,1H3. The van der Waals surface area contributed by atoms with E-state index in [0.717, 1.165) is 30.7 Å². The number of hydrogen-bond acceptors (Lipinski definition) is 1. The van der Waals surface area contributed by atoms with Gasteiger partial charge in [0, 0.05) is 18.8 Å². The molecular weight excluding hydrogens is 239 g/mol. The van der Waals surface area contributed by atoms with E-state index in [1.165, 1.54) is 19.3 Å². The van der Waals surface area contributed by atoms with E-state index in [1.807, 2.05) is 7.05 Å². The molecule has 4 heteroatoms. The van der Waals surface area contributed by atoms with Crippen molar-refractivity contribution < 1.29 is 13.2 Å². The highest BCUT2D eigenvalue weighted by molar-refractivity contribution is 5.48. The van der Waals surface area contributed by atoms with E-state index >= 15 is 0 Å². The van der Waals surface area contributed by atoms with Crippen LogP contribution < -0.4 is 4.90 Å². The molecule has 0 saturated heterocycles. The molecule has 1 saturated carbocycles. The molecule has 0 spiro atoms. The molecule has 0 bridgehead atoms. The predicted octanol–water partition coefficient (Wildman–Crippen LogP) is 4.47. The van der Waals surface area contributed by atoms with Gasteiger partial charge in [0.2, 0.25) is 0 Å². The maximum Gasteiger partial charge on any atom is 0.416 e. The lowest BCUT2D eigenvalue weighted by atomic mass is 9.94. The summed E-state index contributed by atoms with van der Waals surface area (Å²) in [6.07, 6.45) is 1.74. The molecule has 0 unspecified atom stereocenters. The van der Waals surface area contributed by atoms with Crippen molar-refractivity contribution in [1.82, 2.24) is 0 Å². The molecule has 1 aromatic rings. The minimum absolute atomic E-state index is 0.468. The quantitative estimate of drug-likeness (QED) is 0.755. The smallest absolute Gasteiger partial charge is 0.372 e. The lowest BCUT2D eigenvalue weighted by Gasteiger charge is -2.33. The fourth-order valence-corrected chi connectivity index (χ4v) is 2.56. The van der Waals surface area contributed by atoms with Gasteiger partial charge in [-0.15, -0.1) is 0 Å². The number of anilines is 1. The maximum absolute atomic E-state index is 12.5. The van der Waals surface area contributed by atoms with Gasteiger partial charge in [-0.25, -0.2) is 0 Å². The maximum atomic E-state index is 12.5. The summed E-state index contributed by atoms with van der Waals surface area (Å²) in [5.41, 5.74) is 0.290. The average Bonchev–Trinajstić information content (AvgIpc) is 2.38. The van der Waals surface area contributed by atoms with Crippen LogP contribution in [0.4, 0.5) is 18.9 Å². The first-order chi connectivity index (χ1) is 8.48. The summed E-state index contributed by atoms with van der Waals surface area (Å²) in [4.78, 5) is 2.11. The zero-order valence-corrected chi connectivity index (χ0v) is 10.5. The Morgan fingerprint density at radius 2 is 1.56 bits per heavy atom. The Balaban J connectivity index is 2.09. The fraction of sp³-hybridized carbons (Fsp3) is 0.571. The molecule has 0 amide bonds. The second kappa shape index (κ2) is 5.21. The second-order valence-corrected chi connectivity index (χ2v) is 4.95. The van der Waals surface area contributed by atoms with E-state index < -0.39 is 11.7 Å². The highest BCUT2D eigenvalue weighted by Gasteiger charge is 2.30. The largest absolute Gasteiger partial charge is 0.416 e. The molecule has 0 radical (unpaired) electrons. The van der Waals surface area contributed by atoms with E-state index in [9.17, 15) is 13.2 Å². The number of alkyl halides is 3. The molecule has 18 heavy (non-hydrogen) atoms. The normalized spacial score (nSPS) is 17.8. The summed E-state index contributed by atoms with van der Waals surface area (Å²) in [6.45, 7) is 0. The third kappa shape index (κ3) is 2.98. The molecule has 0 atom stereocenters. The Hall–Kier alpha value is -1.19. The van der Waals surface area contributed by atoms with Crippen LogP contribution in [0.3, 0.4) is 0 Å². The lowest BCUT2D eigenvalue weighted by Crippen LogP contribution is -2.33. The zero-order valence-electron chi connectivity index (χ0n) is 10.5. The molecule has 0 aliphatic heterocycles. The van der Waals surface area contributed by atoms with E-state index in [2.05, 4.69) is 4.90 Å². The van der Waals surface area contributed by atoms with Gasteiger partial charge in [-0.05, 0) is 37.1 Å². The van der Waals surface area contributed by atoms with Crippen molar-refractivity contribution in [3.05, 3.63) is 29.8 Å². The Morgan fingerprint density at radius 1 is 1.00 bits per heavy atom. The van der Waals surface area contributed by atoms with Crippen molar-refractivity contribution in [3.8, 4) is 0 Å². The van der Waals surface area contributed by atoms with Crippen molar-refractivity contribution in [3.63, 3.8) is 0 Å². The Labute approximate surface area is 106 Å². The van der Waals surface area contributed by atoms with Gasteiger partial charge in [-0.2, -0.15) is 13.2 Å². The van der Waals surface area contributed by atoms with Gasteiger partial charge in [0.15, 0.2) is 0 Å². The highest BCUT2D eigenvalue weighted by Crippen LogP contribution is 2.31. The molecule has 1 aliphatic rings. The van der Waals surface area contributed by atoms with Gasteiger partial charge in [-0.3, -0.25) is 0 Å². The van der Waals surface area contributed by atoms with Crippen LogP contribution in [0.2, 0.25) is 0 Å². The average molecular weight is 257 g/mol. The summed E-state index contributed by atoms with van der Waals surface area (Å²) in [7, 11) is 1.97. The second-order valence-electron chi connectivity index (χ2n) is 4.95. The Morgan fingerprint density at radius 3 is 2.06 bits per heavy atom. The van der Waals surface area contributed by atoms with E-state index in [0.29, 0.717) is 6.04 Å². The first kappa shape index (κ1) is 13.2. The van der Waals surface area contributed by atoms with Crippen LogP contribution in [-0.2, 0) is 6.18 Å². The molecule has 1 aliphatic carbocycles. The third-order valence-corrected chi connectivity index (χ3v) is 3.72. The van der Waals surface area contributed by atoms with Gasteiger partial charge in [-0.1, -0.05) is 19.3 Å². The van der Waals surface area contributed by atoms with Crippen molar-refractivity contribution in [2.45, 2.75) is 44.3 Å². The summed E-state index contributed by atoms with van der Waals surface area (Å²) >= 11 is 0. The fourth-order valence-electron chi connectivity index (χ4n) is 2.56. The van der Waals surface area contributed by atoms with Crippen LogP contribution >= 0.6 is 0 Å². The van der Waals surface area contributed by atoms with Crippen LogP contribution in [0.15, 0.2) is 24.3 Å². The van der Waals surface area contributed by atoms with Gasteiger partial charge < -0.3 is 4.90 Å². The number of hydrogen-bond donors (Lipinski definition) is 0. The first-order valence-electron chi connectivity index (χ1n) is 6.38. The number of halogens is 3. The van der Waals surface area contributed by atoms with Gasteiger partial charge in [0.05, 0.1) is 5.56 Å². The van der Waals surface area contributed by atoms with Crippen molar-refractivity contribution in [2.75, 3.05) is 11.9 Å². The van der Waals surface area contributed by atoms with Crippen LogP contribution in [0.5, 0.6) is 0 Å². The highest BCUT2D eigenvalue weighted by atomic mass is 19.4. The molecular formula is C14H18F3N. The molecule has 1 fully saturated rings. The molecule has 0 aromatic heterocycles. The summed E-state index contributed by atoms with van der Waals surface area (Å²) in [6, 6.07) is 5.92.